The van der Waals surface area contributed by atoms with E-state index in [-0.39, 0.29) is 0 Å². The number of hydrogen-bond donors (Lipinski definition) is 2. The molecule has 0 aliphatic carbocycles. The van der Waals surface area contributed by atoms with Gasteiger partial charge in [-0.3, -0.25) is 0 Å². The maximum atomic E-state index is 6.36. The number of nitrogens with one attached hydrogen (secondary N) is 1. The van der Waals surface area contributed by atoms with Crippen LogP contribution >= 0.6 is 0 Å². The van der Waals surface area contributed by atoms with E-state index in [2.05, 4.69) is 42.2 Å². The maximum absolute atomic E-state index is 6.36. The van der Waals surface area contributed by atoms with Crippen LogP contribution in [0, 0.1) is 0 Å². The van der Waals surface area contributed by atoms with Gasteiger partial charge in [-0.15, -0.1) is 0 Å². The molecule has 28 heavy (non-hydrogen) atoms. The van der Waals surface area contributed by atoms with E-state index in [0.29, 0.717) is 17.3 Å². The second kappa shape index (κ2) is 7.99. The number of ether oxygens (including phenoxy) is 1. The van der Waals surface area contributed by atoms with Crippen LogP contribution in [0.15, 0.2) is 55.0 Å². The van der Waals surface area contributed by atoms with Gasteiger partial charge in [0.1, 0.15) is 23.6 Å². The second-order valence-electron chi connectivity index (χ2n) is 6.47. The first kappa shape index (κ1) is 17.8. The largest absolute Gasteiger partial charge is 0.497 e. The van der Waals surface area contributed by atoms with Crippen LogP contribution in [0.4, 0.5) is 28.8 Å². The lowest BCUT2D eigenvalue weighted by Crippen LogP contribution is -2.47. The Bertz CT molecular complexity index is 910. The molecule has 3 N–H and O–H groups in total. The van der Waals surface area contributed by atoms with Crippen LogP contribution in [-0.2, 0) is 0 Å². The van der Waals surface area contributed by atoms with E-state index in [4.69, 9.17) is 10.5 Å². The molecule has 8 nitrogen and oxygen atoms in total. The van der Waals surface area contributed by atoms with Crippen LogP contribution in [0.3, 0.4) is 0 Å². The van der Waals surface area contributed by atoms with Crippen molar-refractivity contribution in [3.63, 3.8) is 0 Å². The standard InChI is InChI=1S/C20H23N7O/c1-28-16-7-5-15(6-8-16)26-10-12-27(13-11-26)20-18(21)19(23-14-24-20)25-17-4-2-3-9-22-17/h2-9,14H,10-13,21H2,1H3,(H,22,23,24,25). The van der Waals surface area contributed by atoms with E-state index in [1.54, 1.807) is 13.3 Å². The highest BCUT2D eigenvalue weighted by molar-refractivity contribution is 5.77. The highest BCUT2D eigenvalue weighted by atomic mass is 16.5. The number of rotatable bonds is 5. The van der Waals surface area contributed by atoms with E-state index in [0.717, 1.165) is 37.7 Å². The van der Waals surface area contributed by atoms with Gasteiger partial charge in [-0.05, 0) is 36.4 Å². The molecule has 1 fully saturated rings. The summed E-state index contributed by atoms with van der Waals surface area (Å²) in [6, 6.07) is 13.8. The van der Waals surface area contributed by atoms with E-state index < -0.39 is 0 Å². The van der Waals surface area contributed by atoms with Crippen molar-refractivity contribution in [1.82, 2.24) is 15.0 Å². The van der Waals surface area contributed by atoms with Crippen LogP contribution in [0.25, 0.3) is 0 Å². The number of nitrogens with two attached hydrogens (primary N) is 1. The number of aromatic nitrogens is 3. The fourth-order valence-electron chi connectivity index (χ4n) is 3.27. The summed E-state index contributed by atoms with van der Waals surface area (Å²) in [5.74, 6) is 2.89. The predicted molar refractivity (Wildman–Crippen MR) is 111 cm³/mol. The Balaban J connectivity index is 1.45. The zero-order valence-electron chi connectivity index (χ0n) is 15.7. The summed E-state index contributed by atoms with van der Waals surface area (Å²) in [5.41, 5.74) is 8.08. The quantitative estimate of drug-likeness (QED) is 0.701. The van der Waals surface area contributed by atoms with Crippen molar-refractivity contribution < 1.29 is 4.74 Å². The Morgan fingerprint density at radius 3 is 2.36 bits per heavy atom. The lowest BCUT2D eigenvalue weighted by atomic mass is 10.2. The molecule has 8 heteroatoms. The lowest BCUT2D eigenvalue weighted by Gasteiger charge is -2.37. The lowest BCUT2D eigenvalue weighted by molar-refractivity contribution is 0.415. The molecule has 0 radical (unpaired) electrons. The number of pyridine rings is 1. The summed E-state index contributed by atoms with van der Waals surface area (Å²) >= 11 is 0. The van der Waals surface area contributed by atoms with Crippen molar-refractivity contribution in [2.45, 2.75) is 0 Å². The number of methoxy groups -OCH3 is 1. The fourth-order valence-corrected chi connectivity index (χ4v) is 3.27. The predicted octanol–water partition coefficient (Wildman–Crippen LogP) is 2.53. The molecule has 4 rings (SSSR count). The van der Waals surface area contributed by atoms with Crippen molar-refractivity contribution in [2.24, 2.45) is 0 Å². The van der Waals surface area contributed by atoms with Crippen LogP contribution in [0.2, 0.25) is 0 Å². The zero-order valence-corrected chi connectivity index (χ0v) is 15.7. The summed E-state index contributed by atoms with van der Waals surface area (Å²) in [4.78, 5) is 17.5. The Morgan fingerprint density at radius 1 is 0.929 bits per heavy atom. The minimum atomic E-state index is 0.533. The van der Waals surface area contributed by atoms with Gasteiger partial charge in [-0.25, -0.2) is 15.0 Å². The molecule has 3 heterocycles. The van der Waals surface area contributed by atoms with Crippen LogP contribution in [0.1, 0.15) is 0 Å². The third kappa shape index (κ3) is 3.75. The molecule has 3 aromatic rings. The van der Waals surface area contributed by atoms with E-state index >= 15 is 0 Å². The normalized spacial score (nSPS) is 14.0. The molecule has 0 unspecified atom stereocenters. The average molecular weight is 377 g/mol. The van der Waals surface area contributed by atoms with Crippen LogP contribution in [-0.4, -0.2) is 48.2 Å². The summed E-state index contributed by atoms with van der Waals surface area (Å²) in [5, 5.41) is 3.16. The van der Waals surface area contributed by atoms with Gasteiger partial charge < -0.3 is 25.6 Å². The molecular weight excluding hydrogens is 354 g/mol. The fraction of sp³-hybridized carbons (Fsp3) is 0.250. The van der Waals surface area contributed by atoms with E-state index in [1.807, 2.05) is 30.3 Å². The molecule has 1 saturated heterocycles. The average Bonchev–Trinajstić information content (AvgIpc) is 2.76. The number of nitrogen functional groups attached to an aromatic ring is 1. The van der Waals surface area contributed by atoms with Gasteiger partial charge in [0, 0.05) is 38.1 Å². The summed E-state index contributed by atoms with van der Waals surface area (Å²) < 4.78 is 5.23. The number of piperazine rings is 1. The van der Waals surface area contributed by atoms with Crippen molar-refractivity contribution in [2.75, 3.05) is 54.1 Å². The number of anilines is 5. The Morgan fingerprint density at radius 2 is 1.68 bits per heavy atom. The molecule has 0 spiro atoms. The molecule has 0 saturated carbocycles. The molecular formula is C20H23N7O. The van der Waals surface area contributed by atoms with Gasteiger partial charge in [0.15, 0.2) is 11.6 Å². The first-order valence-electron chi connectivity index (χ1n) is 9.17. The zero-order chi connectivity index (χ0) is 19.3. The Kier molecular flexibility index (Phi) is 5.09. The monoisotopic (exact) mass is 377 g/mol. The number of nitrogens with zero attached hydrogens (tertiary/aromatic N) is 5. The Labute approximate surface area is 164 Å². The third-order valence-electron chi connectivity index (χ3n) is 4.79. The minimum absolute atomic E-state index is 0.533. The number of benzene rings is 1. The van der Waals surface area contributed by atoms with Gasteiger partial charge in [0.2, 0.25) is 0 Å². The molecule has 0 amide bonds. The van der Waals surface area contributed by atoms with Crippen molar-refractivity contribution in [3.05, 3.63) is 55.0 Å². The minimum Gasteiger partial charge on any atom is -0.497 e. The third-order valence-corrected chi connectivity index (χ3v) is 4.79. The van der Waals surface area contributed by atoms with Crippen LogP contribution < -0.4 is 25.6 Å². The highest BCUT2D eigenvalue weighted by Crippen LogP contribution is 2.29. The molecule has 0 bridgehead atoms. The Hall–Kier alpha value is -3.55. The molecule has 144 valence electrons. The van der Waals surface area contributed by atoms with Gasteiger partial charge in [0.25, 0.3) is 0 Å². The topological polar surface area (TPSA) is 92.4 Å². The van der Waals surface area contributed by atoms with Gasteiger partial charge in [0.05, 0.1) is 7.11 Å². The van der Waals surface area contributed by atoms with Crippen LogP contribution in [0.5, 0.6) is 5.75 Å². The van der Waals surface area contributed by atoms with Gasteiger partial charge in [-0.1, -0.05) is 6.07 Å². The maximum Gasteiger partial charge on any atom is 0.160 e. The van der Waals surface area contributed by atoms with Crippen molar-refractivity contribution in [3.8, 4) is 5.75 Å². The first-order valence-corrected chi connectivity index (χ1v) is 9.17. The molecule has 1 aliphatic rings. The van der Waals surface area contributed by atoms with E-state index in [1.165, 1.54) is 12.0 Å². The second-order valence-corrected chi connectivity index (χ2v) is 6.47. The summed E-state index contributed by atoms with van der Waals surface area (Å²) in [6.07, 6.45) is 3.26. The smallest absolute Gasteiger partial charge is 0.160 e. The highest BCUT2D eigenvalue weighted by Gasteiger charge is 2.21. The van der Waals surface area contributed by atoms with Crippen molar-refractivity contribution >= 4 is 28.8 Å². The molecule has 2 aromatic heterocycles. The van der Waals surface area contributed by atoms with Crippen molar-refractivity contribution in [1.29, 1.82) is 0 Å². The van der Waals surface area contributed by atoms with E-state index in [9.17, 15) is 0 Å². The summed E-state index contributed by atoms with van der Waals surface area (Å²) in [7, 11) is 1.68. The SMILES string of the molecule is COc1ccc(N2CCN(c3ncnc(Nc4ccccn4)c3N)CC2)cc1. The van der Waals surface area contributed by atoms with Gasteiger partial charge in [-0.2, -0.15) is 0 Å². The first-order chi connectivity index (χ1) is 13.7. The number of hydrogen-bond acceptors (Lipinski definition) is 8. The molecule has 0 atom stereocenters. The molecule has 1 aromatic carbocycles. The molecule has 1 aliphatic heterocycles. The summed E-state index contributed by atoms with van der Waals surface area (Å²) in [6.45, 7) is 3.43. The van der Waals surface area contributed by atoms with Gasteiger partial charge >= 0.3 is 0 Å².